The summed E-state index contributed by atoms with van der Waals surface area (Å²) in [5.74, 6) is -0.547. The molecular weight excluding hydrogens is 168 g/mol. The minimum absolute atomic E-state index is 0.184. The van der Waals surface area contributed by atoms with E-state index in [1.165, 1.54) is 25.5 Å². The lowest BCUT2D eigenvalue weighted by molar-refractivity contribution is -0.113. The molecule has 0 atom stereocenters. The van der Waals surface area contributed by atoms with Crippen LogP contribution in [0.1, 0.15) is 24.3 Å². The quantitative estimate of drug-likeness (QED) is 0.326. The fourth-order valence-corrected chi connectivity index (χ4v) is 1.02. The van der Waals surface area contributed by atoms with Crippen molar-refractivity contribution in [3.05, 3.63) is 29.9 Å². The third-order valence-electron chi connectivity index (χ3n) is 1.66. The Morgan fingerprint density at radius 3 is 2.62 bits per heavy atom. The van der Waals surface area contributed by atoms with Gasteiger partial charge >= 0.3 is 0 Å². The van der Waals surface area contributed by atoms with Gasteiger partial charge in [-0.3, -0.25) is 9.59 Å². The van der Waals surface area contributed by atoms with E-state index < -0.39 is 0 Å². The number of imidazole rings is 1. The molecule has 4 heteroatoms. The smallest absolute Gasteiger partial charge is 0.214 e. The number of rotatable bonds is 3. The molecule has 0 spiro atoms. The summed E-state index contributed by atoms with van der Waals surface area (Å²) in [5, 5.41) is 0. The molecule has 1 rings (SSSR count). The highest BCUT2D eigenvalue weighted by atomic mass is 16.1. The fraction of sp³-hybridized carbons (Fsp3) is 0.222. The highest BCUT2D eigenvalue weighted by Crippen LogP contribution is 2.05. The first kappa shape index (κ1) is 9.38. The van der Waals surface area contributed by atoms with Crippen molar-refractivity contribution in [2.75, 3.05) is 0 Å². The van der Waals surface area contributed by atoms with Crippen LogP contribution in [-0.4, -0.2) is 21.5 Å². The lowest BCUT2D eigenvalue weighted by Gasteiger charge is -1.97. The van der Waals surface area contributed by atoms with Crippen LogP contribution < -0.4 is 0 Å². The Bertz CT molecular complexity index is 350. The second kappa shape index (κ2) is 3.80. The van der Waals surface area contributed by atoms with Crippen LogP contribution in [0, 0.1) is 0 Å². The molecule has 0 aromatic carbocycles. The molecule has 1 aromatic heterocycles. The second-order valence-corrected chi connectivity index (χ2v) is 2.55. The summed E-state index contributed by atoms with van der Waals surface area (Å²) in [6, 6.07) is 0. The average Bonchev–Trinajstić information content (AvgIpc) is 2.56. The van der Waals surface area contributed by atoms with Crippen molar-refractivity contribution in [2.45, 2.75) is 13.8 Å². The second-order valence-electron chi connectivity index (χ2n) is 2.55. The maximum Gasteiger partial charge on any atom is 0.214 e. The lowest BCUT2D eigenvalue weighted by atomic mass is 10.1. The van der Waals surface area contributed by atoms with E-state index in [9.17, 15) is 9.59 Å². The molecule has 0 bridgehead atoms. The van der Waals surface area contributed by atoms with Crippen LogP contribution in [0.2, 0.25) is 0 Å². The predicted octanol–water partition coefficient (Wildman–Crippen LogP) is 1.13. The van der Waals surface area contributed by atoms with Gasteiger partial charge in [-0.25, -0.2) is 4.98 Å². The molecule has 0 amide bonds. The van der Waals surface area contributed by atoms with Gasteiger partial charge in [0.1, 0.15) is 5.69 Å². The van der Waals surface area contributed by atoms with Crippen LogP contribution in [0.3, 0.4) is 0 Å². The first-order valence-electron chi connectivity index (χ1n) is 3.87. The zero-order valence-electron chi connectivity index (χ0n) is 7.50. The minimum Gasteiger partial charge on any atom is -0.342 e. The van der Waals surface area contributed by atoms with Gasteiger partial charge in [-0.2, -0.15) is 0 Å². The van der Waals surface area contributed by atoms with E-state index in [2.05, 4.69) is 9.97 Å². The van der Waals surface area contributed by atoms with Crippen LogP contribution in [0.25, 0.3) is 0 Å². The van der Waals surface area contributed by atoms with Crippen LogP contribution >= 0.6 is 0 Å². The van der Waals surface area contributed by atoms with E-state index in [1.54, 1.807) is 6.92 Å². The number of carbonyl (C=O) groups excluding carboxylic acids is 2. The highest BCUT2D eigenvalue weighted by molar-refractivity contribution is 6.24. The molecule has 0 aliphatic heterocycles. The first-order chi connectivity index (χ1) is 6.16. The standard InChI is InChI=1S/C9H10N2O2/c1-3-7(6(2)12)9(13)8-4-10-5-11-8/h3-5H,1-2H3,(H,10,11)/b7-3+. The Kier molecular flexibility index (Phi) is 2.74. The molecule has 0 unspecified atom stereocenters. The van der Waals surface area contributed by atoms with Crippen LogP contribution in [0.5, 0.6) is 0 Å². The molecule has 0 saturated heterocycles. The molecule has 1 heterocycles. The van der Waals surface area contributed by atoms with Gasteiger partial charge < -0.3 is 4.98 Å². The van der Waals surface area contributed by atoms with Crippen molar-refractivity contribution in [3.63, 3.8) is 0 Å². The number of ketones is 2. The Hall–Kier alpha value is -1.71. The largest absolute Gasteiger partial charge is 0.342 e. The summed E-state index contributed by atoms with van der Waals surface area (Å²) >= 11 is 0. The molecule has 1 aromatic rings. The third-order valence-corrected chi connectivity index (χ3v) is 1.66. The number of carbonyl (C=O) groups is 2. The summed E-state index contributed by atoms with van der Waals surface area (Å²) in [5.41, 5.74) is 0.521. The van der Waals surface area contributed by atoms with Gasteiger partial charge in [-0.1, -0.05) is 6.08 Å². The Morgan fingerprint density at radius 2 is 2.23 bits per heavy atom. The van der Waals surface area contributed by atoms with Crippen molar-refractivity contribution >= 4 is 11.6 Å². The molecule has 0 saturated carbocycles. The van der Waals surface area contributed by atoms with E-state index in [1.807, 2.05) is 0 Å². The number of allylic oxidation sites excluding steroid dienone is 2. The molecule has 0 aliphatic carbocycles. The molecule has 0 fully saturated rings. The SMILES string of the molecule is C/C=C(\C(C)=O)C(=O)c1cnc[nH]1. The van der Waals surface area contributed by atoms with E-state index in [4.69, 9.17) is 0 Å². The maximum absolute atomic E-state index is 11.5. The van der Waals surface area contributed by atoms with E-state index in [0.717, 1.165) is 0 Å². The molecule has 0 radical (unpaired) electrons. The summed E-state index contributed by atoms with van der Waals surface area (Å²) in [7, 11) is 0. The van der Waals surface area contributed by atoms with Gasteiger partial charge in [-0.15, -0.1) is 0 Å². The number of aromatic amines is 1. The van der Waals surface area contributed by atoms with Gasteiger partial charge in [0.05, 0.1) is 18.1 Å². The fourth-order valence-electron chi connectivity index (χ4n) is 1.02. The summed E-state index contributed by atoms with van der Waals surface area (Å²) in [6.45, 7) is 3.02. The maximum atomic E-state index is 11.5. The van der Waals surface area contributed by atoms with Crippen LogP contribution in [0.15, 0.2) is 24.2 Å². The number of Topliss-reactive ketones (excluding diaryl/α,β-unsaturated/α-hetero) is 2. The van der Waals surface area contributed by atoms with Gasteiger partial charge in [0, 0.05) is 0 Å². The van der Waals surface area contributed by atoms with Crippen molar-refractivity contribution < 1.29 is 9.59 Å². The number of H-pyrrole nitrogens is 1. The average molecular weight is 178 g/mol. The Labute approximate surface area is 75.7 Å². The molecule has 4 nitrogen and oxygen atoms in total. The van der Waals surface area contributed by atoms with Crippen LogP contribution in [0.4, 0.5) is 0 Å². The molecule has 13 heavy (non-hydrogen) atoms. The molecule has 0 aliphatic rings. The monoisotopic (exact) mass is 178 g/mol. The highest BCUT2D eigenvalue weighted by Gasteiger charge is 2.15. The van der Waals surface area contributed by atoms with Gasteiger partial charge in [-0.05, 0) is 13.8 Å². The van der Waals surface area contributed by atoms with Crippen molar-refractivity contribution in [1.29, 1.82) is 0 Å². The number of nitrogens with one attached hydrogen (secondary N) is 1. The van der Waals surface area contributed by atoms with E-state index >= 15 is 0 Å². The summed E-state index contributed by atoms with van der Waals surface area (Å²) in [6.07, 6.45) is 4.31. The topological polar surface area (TPSA) is 62.8 Å². The molecule has 1 N–H and O–H groups in total. The van der Waals surface area contributed by atoms with Crippen molar-refractivity contribution in [1.82, 2.24) is 9.97 Å². The number of nitrogens with zero attached hydrogens (tertiary/aromatic N) is 1. The van der Waals surface area contributed by atoms with Gasteiger partial charge in [0.25, 0.3) is 0 Å². The minimum atomic E-state index is -0.312. The number of aromatic nitrogens is 2. The Morgan fingerprint density at radius 1 is 1.54 bits per heavy atom. The predicted molar refractivity (Wildman–Crippen MR) is 47.4 cm³/mol. The van der Waals surface area contributed by atoms with Crippen molar-refractivity contribution in [2.24, 2.45) is 0 Å². The van der Waals surface area contributed by atoms with Gasteiger partial charge in [0.2, 0.25) is 5.78 Å². The first-order valence-corrected chi connectivity index (χ1v) is 3.87. The zero-order valence-corrected chi connectivity index (χ0v) is 7.50. The summed E-state index contributed by atoms with van der Waals surface area (Å²) < 4.78 is 0. The number of hydrogen-bond acceptors (Lipinski definition) is 3. The third kappa shape index (κ3) is 1.90. The Balaban J connectivity index is 2.97. The number of hydrogen-bond donors (Lipinski definition) is 1. The molecular formula is C9H10N2O2. The summed E-state index contributed by atoms with van der Waals surface area (Å²) in [4.78, 5) is 28.9. The van der Waals surface area contributed by atoms with Crippen molar-refractivity contribution in [3.8, 4) is 0 Å². The van der Waals surface area contributed by atoms with E-state index in [0.29, 0.717) is 5.69 Å². The zero-order chi connectivity index (χ0) is 9.84. The van der Waals surface area contributed by atoms with Gasteiger partial charge in [0.15, 0.2) is 5.78 Å². The lowest BCUT2D eigenvalue weighted by Crippen LogP contribution is -2.10. The normalized spacial score (nSPS) is 11.4. The van der Waals surface area contributed by atoms with Crippen LogP contribution in [-0.2, 0) is 4.79 Å². The molecule has 68 valence electrons. The van der Waals surface area contributed by atoms with E-state index in [-0.39, 0.29) is 17.1 Å².